The van der Waals surface area contributed by atoms with Gasteiger partial charge < -0.3 is 4.57 Å². The lowest BCUT2D eigenvalue weighted by atomic mass is 10.4. The number of nitrogens with zero attached hydrogens (tertiary/aromatic N) is 6. The van der Waals surface area contributed by atoms with Crippen molar-refractivity contribution in [3.63, 3.8) is 0 Å². The molecule has 2 aromatic heterocycles. The van der Waals surface area contributed by atoms with E-state index in [2.05, 4.69) is 15.2 Å². The highest BCUT2D eigenvalue weighted by Gasteiger charge is 2.31. The van der Waals surface area contributed by atoms with E-state index in [1.54, 1.807) is 17.0 Å². The second-order valence-corrected chi connectivity index (χ2v) is 6.15. The Kier molecular flexibility index (Phi) is 2.96. The van der Waals surface area contributed by atoms with Crippen LogP contribution in [0.5, 0.6) is 0 Å². The molecule has 0 amide bonds. The molecule has 9 heteroatoms. The number of fused-ring (bicyclic) bond motifs is 1. The van der Waals surface area contributed by atoms with Crippen molar-refractivity contribution < 1.29 is 8.42 Å². The van der Waals surface area contributed by atoms with Crippen molar-refractivity contribution in [3.8, 4) is 6.07 Å². The zero-order chi connectivity index (χ0) is 14.2. The van der Waals surface area contributed by atoms with E-state index in [-0.39, 0.29) is 17.1 Å². The van der Waals surface area contributed by atoms with Gasteiger partial charge in [-0.15, -0.1) is 10.2 Å². The molecule has 0 N–H and O–H groups in total. The molecule has 8 nitrogen and oxygen atoms in total. The Labute approximate surface area is 115 Å². The second kappa shape index (κ2) is 4.66. The van der Waals surface area contributed by atoms with Gasteiger partial charge in [-0.2, -0.15) is 9.57 Å². The lowest BCUT2D eigenvalue weighted by Crippen LogP contribution is -2.38. The van der Waals surface area contributed by atoms with Crippen LogP contribution in [0.4, 0.5) is 0 Å². The summed E-state index contributed by atoms with van der Waals surface area (Å²) < 4.78 is 28.2. The van der Waals surface area contributed by atoms with Gasteiger partial charge in [-0.3, -0.25) is 0 Å². The van der Waals surface area contributed by atoms with E-state index in [4.69, 9.17) is 5.26 Å². The first-order valence-corrected chi connectivity index (χ1v) is 7.29. The minimum atomic E-state index is -3.76. The third-order valence-electron chi connectivity index (χ3n) is 3.10. The van der Waals surface area contributed by atoms with Crippen LogP contribution in [0.25, 0.3) is 0 Å². The van der Waals surface area contributed by atoms with E-state index in [9.17, 15) is 8.42 Å². The molecule has 102 valence electrons. The quantitative estimate of drug-likeness (QED) is 0.755. The Hall–Kier alpha value is -2.31. The van der Waals surface area contributed by atoms with E-state index in [1.165, 1.54) is 22.6 Å². The van der Waals surface area contributed by atoms with Gasteiger partial charge in [-0.25, -0.2) is 13.4 Å². The highest BCUT2D eigenvalue weighted by atomic mass is 32.2. The zero-order valence-corrected chi connectivity index (χ0v) is 11.2. The largest absolute Gasteiger partial charge is 0.315 e. The fourth-order valence-corrected chi connectivity index (χ4v) is 3.55. The maximum absolute atomic E-state index is 12.6. The maximum atomic E-state index is 12.6. The van der Waals surface area contributed by atoms with Crippen LogP contribution in [0.15, 0.2) is 29.6 Å². The Bertz CT molecular complexity index is 791. The summed E-state index contributed by atoms with van der Waals surface area (Å²) in [6.45, 7) is 0.943. The predicted molar refractivity (Wildman–Crippen MR) is 66.6 cm³/mol. The van der Waals surface area contributed by atoms with E-state index < -0.39 is 10.0 Å². The zero-order valence-electron chi connectivity index (χ0n) is 10.3. The summed E-state index contributed by atoms with van der Waals surface area (Å²) >= 11 is 0. The number of hydrogen-bond donors (Lipinski definition) is 0. The molecule has 2 aromatic rings. The third kappa shape index (κ3) is 1.95. The first-order valence-electron chi connectivity index (χ1n) is 5.85. The number of pyridine rings is 1. The molecule has 3 heterocycles. The predicted octanol–water partition coefficient (Wildman–Crippen LogP) is -0.251. The molecular weight excluding hydrogens is 280 g/mol. The molecule has 0 saturated heterocycles. The smallest absolute Gasteiger partial charge is 0.246 e. The van der Waals surface area contributed by atoms with Crippen LogP contribution >= 0.6 is 0 Å². The molecule has 1 aliphatic heterocycles. The van der Waals surface area contributed by atoms with Crippen molar-refractivity contribution in [2.24, 2.45) is 0 Å². The van der Waals surface area contributed by atoms with Crippen LogP contribution in [0.2, 0.25) is 0 Å². The molecule has 0 atom stereocenters. The fourth-order valence-electron chi connectivity index (χ4n) is 2.07. The summed E-state index contributed by atoms with van der Waals surface area (Å²) in [4.78, 5) is 3.72. The number of rotatable bonds is 2. The average Bonchev–Trinajstić information content (AvgIpc) is 2.94. The summed E-state index contributed by atoms with van der Waals surface area (Å²) in [5.41, 5.74) is -0.0976. The molecule has 0 saturated carbocycles. The van der Waals surface area contributed by atoms with E-state index in [0.29, 0.717) is 18.9 Å². The van der Waals surface area contributed by atoms with Gasteiger partial charge in [-0.05, 0) is 12.1 Å². The maximum Gasteiger partial charge on any atom is 0.246 e. The lowest BCUT2D eigenvalue weighted by molar-refractivity contribution is 0.335. The van der Waals surface area contributed by atoms with Crippen LogP contribution in [0.3, 0.4) is 0 Å². The van der Waals surface area contributed by atoms with Crippen LogP contribution in [-0.4, -0.2) is 39.0 Å². The topological polar surface area (TPSA) is 105 Å². The summed E-state index contributed by atoms with van der Waals surface area (Å²) in [6.07, 6.45) is 2.97. The first kappa shape index (κ1) is 12.7. The minimum Gasteiger partial charge on any atom is -0.315 e. The van der Waals surface area contributed by atoms with Gasteiger partial charge in [-0.1, -0.05) is 0 Å². The Morgan fingerprint density at radius 1 is 1.35 bits per heavy atom. The molecule has 0 aliphatic carbocycles. The van der Waals surface area contributed by atoms with Crippen LogP contribution in [0, 0.1) is 11.3 Å². The van der Waals surface area contributed by atoms with Gasteiger partial charge in [0.1, 0.15) is 23.1 Å². The lowest BCUT2D eigenvalue weighted by Gasteiger charge is -2.26. The average molecular weight is 290 g/mol. The van der Waals surface area contributed by atoms with Crippen molar-refractivity contribution >= 4 is 10.0 Å². The van der Waals surface area contributed by atoms with E-state index in [1.807, 2.05) is 0 Å². The van der Waals surface area contributed by atoms with Crippen molar-refractivity contribution in [1.82, 2.24) is 24.1 Å². The fraction of sp³-hybridized carbons (Fsp3) is 0.273. The van der Waals surface area contributed by atoms with Gasteiger partial charge in [0.05, 0.1) is 6.54 Å². The molecule has 0 fully saturated rings. The summed E-state index contributed by atoms with van der Waals surface area (Å²) in [5.74, 6) is 0.585. The highest BCUT2D eigenvalue weighted by molar-refractivity contribution is 7.89. The molecule has 0 aromatic carbocycles. The van der Waals surface area contributed by atoms with E-state index in [0.717, 1.165) is 0 Å². The van der Waals surface area contributed by atoms with Crippen molar-refractivity contribution in [3.05, 3.63) is 36.2 Å². The molecule has 1 aliphatic rings. The third-order valence-corrected chi connectivity index (χ3v) is 4.97. The van der Waals surface area contributed by atoms with Crippen molar-refractivity contribution in [2.75, 3.05) is 6.54 Å². The van der Waals surface area contributed by atoms with Crippen LogP contribution in [0.1, 0.15) is 11.5 Å². The highest BCUT2D eigenvalue weighted by Crippen LogP contribution is 2.22. The van der Waals surface area contributed by atoms with Gasteiger partial charge >= 0.3 is 0 Å². The number of nitriles is 1. The molecule has 0 unspecified atom stereocenters. The van der Waals surface area contributed by atoms with Gasteiger partial charge in [0.15, 0.2) is 5.69 Å². The summed E-state index contributed by atoms with van der Waals surface area (Å²) in [6, 6.07) is 4.69. The van der Waals surface area contributed by atoms with Crippen LogP contribution < -0.4 is 0 Å². The Balaban J connectivity index is 2.00. The number of hydrogen-bond acceptors (Lipinski definition) is 6. The number of sulfonamides is 1. The molecule has 0 radical (unpaired) electrons. The monoisotopic (exact) mass is 290 g/mol. The molecular formula is C11H10N6O2S. The van der Waals surface area contributed by atoms with Crippen LogP contribution in [-0.2, 0) is 23.1 Å². The first-order chi connectivity index (χ1) is 9.63. The van der Waals surface area contributed by atoms with Gasteiger partial charge in [0, 0.05) is 19.3 Å². The van der Waals surface area contributed by atoms with E-state index >= 15 is 0 Å². The van der Waals surface area contributed by atoms with Gasteiger partial charge in [0.25, 0.3) is 0 Å². The second-order valence-electron chi connectivity index (χ2n) is 4.24. The molecule has 0 spiro atoms. The minimum absolute atomic E-state index is 0.0736. The van der Waals surface area contributed by atoms with Crippen molar-refractivity contribution in [1.29, 1.82) is 5.26 Å². The summed E-state index contributed by atoms with van der Waals surface area (Å²) in [7, 11) is -3.76. The Morgan fingerprint density at radius 2 is 2.20 bits per heavy atom. The van der Waals surface area contributed by atoms with Gasteiger partial charge in [0.2, 0.25) is 10.0 Å². The Morgan fingerprint density at radius 3 is 3.00 bits per heavy atom. The molecule has 0 bridgehead atoms. The summed E-state index contributed by atoms with van der Waals surface area (Å²) in [5, 5.41) is 16.6. The molecule has 3 rings (SSSR count). The standard InChI is InChI=1S/C11H10N6O2S/c12-6-9-10(2-1-3-13-9)20(18,19)17-5-4-16-8-14-15-11(16)7-17/h1-3,8H,4-5,7H2. The molecule has 20 heavy (non-hydrogen) atoms. The SMILES string of the molecule is N#Cc1ncccc1S(=O)(=O)N1CCn2cnnc2C1. The number of aromatic nitrogens is 4. The van der Waals surface area contributed by atoms with Crippen molar-refractivity contribution in [2.45, 2.75) is 18.0 Å². The normalized spacial score (nSPS) is 15.6.